The molecule has 1 rings (SSSR count). The van der Waals surface area contributed by atoms with E-state index in [2.05, 4.69) is 4.98 Å². The molecular formula is C6H9N3O3. The lowest BCUT2D eigenvalue weighted by Crippen LogP contribution is -2.05. The number of rotatable bonds is 3. The molecule has 0 aliphatic heterocycles. The Labute approximate surface area is 68.6 Å². The molecule has 66 valence electrons. The molecule has 0 unspecified atom stereocenters. The summed E-state index contributed by atoms with van der Waals surface area (Å²) in [7, 11) is 0. The summed E-state index contributed by atoms with van der Waals surface area (Å²) >= 11 is 0. The van der Waals surface area contributed by atoms with Crippen LogP contribution < -0.4 is 0 Å². The summed E-state index contributed by atoms with van der Waals surface area (Å²) in [6, 6.07) is 0. The van der Waals surface area contributed by atoms with Gasteiger partial charge in [-0.2, -0.15) is 0 Å². The molecule has 12 heavy (non-hydrogen) atoms. The van der Waals surface area contributed by atoms with Crippen molar-refractivity contribution in [1.29, 1.82) is 0 Å². The van der Waals surface area contributed by atoms with Crippen LogP contribution in [-0.4, -0.2) is 19.6 Å². The number of hydrogen-bond acceptors (Lipinski definition) is 4. The topological polar surface area (TPSA) is 81.2 Å². The highest BCUT2D eigenvalue weighted by Gasteiger charge is 2.16. The molecular weight excluding hydrogens is 162 g/mol. The molecule has 1 aromatic rings. The number of nitro groups is 1. The highest BCUT2D eigenvalue weighted by molar-refractivity contribution is 5.18. The van der Waals surface area contributed by atoms with E-state index in [4.69, 9.17) is 5.11 Å². The van der Waals surface area contributed by atoms with Crippen molar-refractivity contribution in [2.75, 3.05) is 0 Å². The zero-order valence-electron chi connectivity index (χ0n) is 6.60. The van der Waals surface area contributed by atoms with Gasteiger partial charge in [0.1, 0.15) is 12.8 Å². The van der Waals surface area contributed by atoms with Crippen molar-refractivity contribution in [3.8, 4) is 0 Å². The Bertz CT molecular complexity index is 294. The molecule has 0 aromatic carbocycles. The molecule has 0 radical (unpaired) electrons. The van der Waals surface area contributed by atoms with Gasteiger partial charge in [0, 0.05) is 0 Å². The Morgan fingerprint density at radius 2 is 2.50 bits per heavy atom. The second-order valence-corrected chi connectivity index (χ2v) is 2.19. The van der Waals surface area contributed by atoms with E-state index in [9.17, 15) is 10.1 Å². The van der Waals surface area contributed by atoms with Crippen molar-refractivity contribution in [3.63, 3.8) is 0 Å². The Morgan fingerprint density at radius 3 is 2.92 bits per heavy atom. The highest BCUT2D eigenvalue weighted by atomic mass is 16.6. The van der Waals surface area contributed by atoms with Gasteiger partial charge in [-0.15, -0.1) is 0 Å². The van der Waals surface area contributed by atoms with Crippen molar-refractivity contribution in [2.24, 2.45) is 0 Å². The molecule has 1 N–H and O–H groups in total. The Balaban J connectivity index is 3.13. The minimum atomic E-state index is -0.518. The average Bonchev–Trinajstić information content (AvgIpc) is 2.46. The van der Waals surface area contributed by atoms with Crippen LogP contribution >= 0.6 is 0 Å². The van der Waals surface area contributed by atoms with E-state index in [-0.39, 0.29) is 12.4 Å². The van der Waals surface area contributed by atoms with Crippen molar-refractivity contribution in [2.45, 2.75) is 20.1 Å². The number of hydrogen-bond donors (Lipinski definition) is 1. The van der Waals surface area contributed by atoms with Crippen LogP contribution in [0.5, 0.6) is 0 Å². The SMILES string of the molecule is CCn1c([N+](=O)[O-])cnc1CO. The summed E-state index contributed by atoms with van der Waals surface area (Å²) < 4.78 is 1.36. The molecule has 0 atom stereocenters. The summed E-state index contributed by atoms with van der Waals surface area (Å²) in [4.78, 5) is 13.6. The predicted molar refractivity (Wildman–Crippen MR) is 40.5 cm³/mol. The van der Waals surface area contributed by atoms with Gasteiger partial charge in [-0.1, -0.05) is 0 Å². The first-order valence-electron chi connectivity index (χ1n) is 3.50. The van der Waals surface area contributed by atoms with Crippen molar-refractivity contribution in [3.05, 3.63) is 22.1 Å². The lowest BCUT2D eigenvalue weighted by molar-refractivity contribution is -0.392. The van der Waals surface area contributed by atoms with Gasteiger partial charge < -0.3 is 15.2 Å². The highest BCUT2D eigenvalue weighted by Crippen LogP contribution is 2.13. The van der Waals surface area contributed by atoms with Gasteiger partial charge in [-0.3, -0.25) is 0 Å². The maximum atomic E-state index is 10.4. The molecule has 0 aliphatic rings. The van der Waals surface area contributed by atoms with E-state index < -0.39 is 4.92 Å². The van der Waals surface area contributed by atoms with Crippen LogP contribution in [0.4, 0.5) is 5.82 Å². The van der Waals surface area contributed by atoms with E-state index in [1.54, 1.807) is 6.92 Å². The third kappa shape index (κ3) is 1.28. The molecule has 0 bridgehead atoms. The quantitative estimate of drug-likeness (QED) is 0.524. The molecule has 1 heterocycles. The van der Waals surface area contributed by atoms with Crippen LogP contribution in [0, 0.1) is 10.1 Å². The van der Waals surface area contributed by atoms with Gasteiger partial charge in [0.05, 0.1) is 6.54 Å². The number of imidazole rings is 1. The van der Waals surface area contributed by atoms with Gasteiger partial charge in [-0.05, 0) is 11.8 Å². The summed E-state index contributed by atoms with van der Waals surface area (Å²) in [5.41, 5.74) is 0. The lowest BCUT2D eigenvalue weighted by Gasteiger charge is -1.98. The first kappa shape index (κ1) is 8.66. The van der Waals surface area contributed by atoms with E-state index in [0.29, 0.717) is 12.4 Å². The van der Waals surface area contributed by atoms with Gasteiger partial charge >= 0.3 is 5.82 Å². The van der Waals surface area contributed by atoms with Gasteiger partial charge in [0.15, 0.2) is 0 Å². The molecule has 1 aromatic heterocycles. The third-order valence-electron chi connectivity index (χ3n) is 1.56. The molecule has 0 fully saturated rings. The molecule has 0 aliphatic carbocycles. The monoisotopic (exact) mass is 171 g/mol. The molecule has 6 heteroatoms. The second kappa shape index (κ2) is 3.31. The fraction of sp³-hybridized carbons (Fsp3) is 0.500. The van der Waals surface area contributed by atoms with Gasteiger partial charge in [0.2, 0.25) is 5.82 Å². The maximum absolute atomic E-state index is 10.4. The Hall–Kier alpha value is -1.43. The number of aliphatic hydroxyl groups is 1. The van der Waals surface area contributed by atoms with Crippen LogP contribution in [0.15, 0.2) is 6.20 Å². The molecule has 6 nitrogen and oxygen atoms in total. The van der Waals surface area contributed by atoms with Crippen molar-refractivity contribution in [1.82, 2.24) is 9.55 Å². The van der Waals surface area contributed by atoms with Gasteiger partial charge in [-0.25, -0.2) is 9.55 Å². The first-order valence-corrected chi connectivity index (χ1v) is 3.50. The fourth-order valence-corrected chi connectivity index (χ4v) is 1.02. The molecule has 0 saturated carbocycles. The van der Waals surface area contributed by atoms with Gasteiger partial charge in [0.25, 0.3) is 0 Å². The van der Waals surface area contributed by atoms with E-state index in [0.717, 1.165) is 6.20 Å². The second-order valence-electron chi connectivity index (χ2n) is 2.19. The van der Waals surface area contributed by atoms with Crippen LogP contribution in [0.3, 0.4) is 0 Å². The largest absolute Gasteiger partial charge is 0.386 e. The number of aromatic nitrogens is 2. The van der Waals surface area contributed by atoms with Crippen LogP contribution in [0.1, 0.15) is 12.7 Å². The summed E-state index contributed by atoms with van der Waals surface area (Å²) in [6.07, 6.45) is 1.15. The Morgan fingerprint density at radius 1 is 1.83 bits per heavy atom. The standard InChI is InChI=1S/C6H9N3O3/c1-2-8-5(4-10)7-3-6(8)9(11)12/h3,10H,2,4H2,1H3. The van der Waals surface area contributed by atoms with Crippen molar-refractivity contribution >= 4 is 5.82 Å². The maximum Gasteiger partial charge on any atom is 0.342 e. The van der Waals surface area contributed by atoms with Crippen molar-refractivity contribution < 1.29 is 10.0 Å². The summed E-state index contributed by atoms with van der Waals surface area (Å²) in [6.45, 7) is 1.92. The van der Waals surface area contributed by atoms with Crippen LogP contribution in [0.25, 0.3) is 0 Å². The smallest absolute Gasteiger partial charge is 0.342 e. The summed E-state index contributed by atoms with van der Waals surface area (Å²) in [5, 5.41) is 19.1. The number of aliphatic hydroxyl groups excluding tert-OH is 1. The Kier molecular flexibility index (Phi) is 2.39. The summed E-state index contributed by atoms with van der Waals surface area (Å²) in [5.74, 6) is 0.241. The van der Waals surface area contributed by atoms with E-state index in [1.807, 2.05) is 0 Å². The molecule has 0 spiro atoms. The minimum absolute atomic E-state index is 0.0819. The predicted octanol–water partition coefficient (Wildman–Crippen LogP) is 0.303. The average molecular weight is 171 g/mol. The molecule has 0 amide bonds. The van der Waals surface area contributed by atoms with E-state index >= 15 is 0 Å². The molecule has 0 saturated heterocycles. The van der Waals surface area contributed by atoms with E-state index in [1.165, 1.54) is 4.57 Å². The minimum Gasteiger partial charge on any atom is -0.386 e. The normalized spacial score (nSPS) is 10.2. The zero-order valence-corrected chi connectivity index (χ0v) is 6.60. The third-order valence-corrected chi connectivity index (χ3v) is 1.56. The first-order chi connectivity index (χ1) is 5.70. The zero-order chi connectivity index (χ0) is 9.14. The fourth-order valence-electron chi connectivity index (χ4n) is 1.02. The number of nitrogens with zero attached hydrogens (tertiary/aromatic N) is 3. The van der Waals surface area contributed by atoms with Crippen LogP contribution in [-0.2, 0) is 13.2 Å². The van der Waals surface area contributed by atoms with Crippen LogP contribution in [0.2, 0.25) is 0 Å². The lowest BCUT2D eigenvalue weighted by atomic mass is 10.6.